The van der Waals surface area contributed by atoms with Crippen molar-refractivity contribution in [2.75, 3.05) is 6.54 Å². The first-order chi connectivity index (χ1) is 9.02. The molecule has 5 nitrogen and oxygen atoms in total. The molecule has 0 aromatic carbocycles. The Kier molecular flexibility index (Phi) is 4.31. The fraction of sp³-hybridized carbons (Fsp3) is 0.615. The van der Waals surface area contributed by atoms with Gasteiger partial charge in [0.1, 0.15) is 5.01 Å². The third kappa shape index (κ3) is 3.01. The van der Waals surface area contributed by atoms with Gasteiger partial charge in [0.15, 0.2) is 0 Å². The number of aromatic nitrogens is 1. The van der Waals surface area contributed by atoms with Crippen molar-refractivity contribution in [1.82, 2.24) is 15.2 Å². The molecule has 0 saturated carbocycles. The molecule has 2 amide bonds. The summed E-state index contributed by atoms with van der Waals surface area (Å²) in [5.41, 5.74) is 0. The van der Waals surface area contributed by atoms with Crippen molar-refractivity contribution < 1.29 is 9.59 Å². The minimum atomic E-state index is -0.404. The molecule has 1 fully saturated rings. The lowest BCUT2D eigenvalue weighted by atomic mass is 10.2. The van der Waals surface area contributed by atoms with E-state index in [9.17, 15) is 9.59 Å². The summed E-state index contributed by atoms with van der Waals surface area (Å²) in [6.45, 7) is 6.45. The summed E-state index contributed by atoms with van der Waals surface area (Å²) in [5.74, 6) is -0.182. The van der Waals surface area contributed by atoms with Crippen LogP contribution in [0.1, 0.15) is 42.6 Å². The van der Waals surface area contributed by atoms with Crippen molar-refractivity contribution >= 4 is 23.2 Å². The van der Waals surface area contributed by atoms with Crippen molar-refractivity contribution in [2.24, 2.45) is 0 Å². The monoisotopic (exact) mass is 281 g/mol. The van der Waals surface area contributed by atoms with E-state index >= 15 is 0 Å². The average molecular weight is 281 g/mol. The van der Waals surface area contributed by atoms with Crippen molar-refractivity contribution in [3.63, 3.8) is 0 Å². The van der Waals surface area contributed by atoms with Gasteiger partial charge in [-0.05, 0) is 20.3 Å². The maximum Gasteiger partial charge on any atom is 0.246 e. The van der Waals surface area contributed by atoms with Crippen LogP contribution in [0, 0.1) is 6.92 Å². The summed E-state index contributed by atoms with van der Waals surface area (Å²) < 4.78 is 0. The fourth-order valence-corrected chi connectivity index (χ4v) is 3.00. The maximum atomic E-state index is 12.1. The van der Waals surface area contributed by atoms with Gasteiger partial charge in [-0.15, -0.1) is 11.3 Å². The normalized spacial score (nSPS) is 21.2. The first kappa shape index (κ1) is 14.1. The Balaban J connectivity index is 2.00. The molecule has 1 saturated heterocycles. The van der Waals surface area contributed by atoms with Gasteiger partial charge in [-0.3, -0.25) is 19.8 Å². The number of hydrogen-bond donors (Lipinski definition) is 1. The molecule has 1 aromatic heterocycles. The summed E-state index contributed by atoms with van der Waals surface area (Å²) in [6, 6.07) is -0.416. The first-order valence-corrected chi connectivity index (χ1v) is 7.37. The van der Waals surface area contributed by atoms with Crippen molar-refractivity contribution in [2.45, 2.75) is 45.7 Å². The minimum Gasteiger partial charge on any atom is -0.297 e. The molecule has 1 aromatic rings. The molecule has 2 atom stereocenters. The third-order valence-electron chi connectivity index (χ3n) is 3.15. The number of imide groups is 1. The molecule has 1 aliphatic rings. The van der Waals surface area contributed by atoms with Gasteiger partial charge in [0, 0.05) is 17.6 Å². The number of nitrogens with zero attached hydrogens (tertiary/aromatic N) is 2. The Morgan fingerprint density at radius 3 is 2.89 bits per heavy atom. The maximum absolute atomic E-state index is 12.1. The largest absolute Gasteiger partial charge is 0.297 e. The highest BCUT2D eigenvalue weighted by atomic mass is 32.1. The van der Waals surface area contributed by atoms with Gasteiger partial charge < -0.3 is 0 Å². The smallest absolute Gasteiger partial charge is 0.246 e. The van der Waals surface area contributed by atoms with E-state index in [0.717, 1.165) is 16.3 Å². The molecule has 0 aliphatic carbocycles. The summed E-state index contributed by atoms with van der Waals surface area (Å²) in [5, 5.41) is 4.16. The van der Waals surface area contributed by atoms with Crippen LogP contribution in [0.3, 0.4) is 0 Å². The van der Waals surface area contributed by atoms with Crippen LogP contribution in [0.15, 0.2) is 6.20 Å². The number of thiazole rings is 1. The van der Waals surface area contributed by atoms with E-state index in [1.165, 1.54) is 4.90 Å². The van der Waals surface area contributed by atoms with E-state index in [1.54, 1.807) is 11.3 Å². The Morgan fingerprint density at radius 1 is 1.58 bits per heavy atom. The predicted octanol–water partition coefficient (Wildman–Crippen LogP) is 1.64. The molecule has 2 unspecified atom stereocenters. The van der Waals surface area contributed by atoms with Crippen LogP contribution < -0.4 is 5.32 Å². The second-order valence-corrected chi connectivity index (χ2v) is 6.10. The van der Waals surface area contributed by atoms with Gasteiger partial charge in [-0.25, -0.2) is 4.98 Å². The number of likely N-dealkylation sites (tertiary alicyclic amines) is 1. The number of carbonyl (C=O) groups excluding carboxylic acids is 2. The van der Waals surface area contributed by atoms with E-state index < -0.39 is 6.04 Å². The van der Waals surface area contributed by atoms with Crippen LogP contribution in [0.4, 0.5) is 0 Å². The standard InChI is InChI=1S/C13H19N3O2S/c1-4-5-16-11(17)6-10(13(16)18)15-9(3)12-14-7-8(2)19-12/h7,9-10,15H,4-6H2,1-3H3. The molecular weight excluding hydrogens is 262 g/mol. The second kappa shape index (κ2) is 5.79. The van der Waals surface area contributed by atoms with Gasteiger partial charge in [0.25, 0.3) is 0 Å². The third-order valence-corrected chi connectivity index (χ3v) is 4.25. The number of hydrogen-bond acceptors (Lipinski definition) is 5. The fourth-order valence-electron chi connectivity index (χ4n) is 2.22. The van der Waals surface area contributed by atoms with Gasteiger partial charge in [-0.2, -0.15) is 0 Å². The summed E-state index contributed by atoms with van der Waals surface area (Å²) in [7, 11) is 0. The van der Waals surface area contributed by atoms with E-state index in [1.807, 2.05) is 27.0 Å². The number of amides is 2. The van der Waals surface area contributed by atoms with Crippen molar-refractivity contribution in [3.05, 3.63) is 16.1 Å². The van der Waals surface area contributed by atoms with Crippen molar-refractivity contribution in [1.29, 1.82) is 0 Å². The lowest BCUT2D eigenvalue weighted by Gasteiger charge is -2.17. The number of rotatable bonds is 5. The molecule has 6 heteroatoms. The number of nitrogens with one attached hydrogen (secondary N) is 1. The number of aryl methyl sites for hydroxylation is 1. The molecule has 2 rings (SSSR count). The topological polar surface area (TPSA) is 62.3 Å². The molecular formula is C13H19N3O2S. The van der Waals surface area contributed by atoms with Gasteiger partial charge in [0.05, 0.1) is 18.5 Å². The highest BCUT2D eigenvalue weighted by molar-refractivity contribution is 7.11. The molecule has 0 bridgehead atoms. The minimum absolute atomic E-state index is 0.0120. The van der Waals surface area contributed by atoms with Gasteiger partial charge in [0.2, 0.25) is 11.8 Å². The summed E-state index contributed by atoms with van der Waals surface area (Å²) in [4.78, 5) is 30.7. The van der Waals surface area contributed by atoms with Crippen molar-refractivity contribution in [3.8, 4) is 0 Å². The molecule has 1 N–H and O–H groups in total. The zero-order valence-electron chi connectivity index (χ0n) is 11.5. The van der Waals surface area contributed by atoms with Crippen LogP contribution in [0.5, 0.6) is 0 Å². The Morgan fingerprint density at radius 2 is 2.32 bits per heavy atom. The van der Waals surface area contributed by atoms with Crippen LogP contribution in [-0.4, -0.2) is 34.3 Å². The lowest BCUT2D eigenvalue weighted by Crippen LogP contribution is -2.40. The van der Waals surface area contributed by atoms with E-state index in [2.05, 4.69) is 10.3 Å². The van der Waals surface area contributed by atoms with Crippen LogP contribution in [0.2, 0.25) is 0 Å². The second-order valence-electron chi connectivity index (χ2n) is 4.84. The quantitative estimate of drug-likeness (QED) is 0.833. The molecule has 0 spiro atoms. The molecule has 0 radical (unpaired) electrons. The van der Waals surface area contributed by atoms with Gasteiger partial charge in [-0.1, -0.05) is 6.92 Å². The lowest BCUT2D eigenvalue weighted by molar-refractivity contribution is -0.138. The summed E-state index contributed by atoms with van der Waals surface area (Å²) in [6.07, 6.45) is 2.88. The first-order valence-electron chi connectivity index (χ1n) is 6.55. The Labute approximate surface area is 117 Å². The highest BCUT2D eigenvalue weighted by Crippen LogP contribution is 2.22. The molecule has 2 heterocycles. The van der Waals surface area contributed by atoms with Gasteiger partial charge >= 0.3 is 0 Å². The molecule has 104 valence electrons. The van der Waals surface area contributed by atoms with Crippen LogP contribution in [-0.2, 0) is 9.59 Å². The zero-order chi connectivity index (χ0) is 14.0. The average Bonchev–Trinajstić information content (AvgIpc) is 2.89. The van der Waals surface area contributed by atoms with E-state index in [0.29, 0.717) is 6.54 Å². The SMILES string of the molecule is CCCN1C(=O)CC(NC(C)c2ncc(C)s2)C1=O. The number of carbonyl (C=O) groups is 2. The predicted molar refractivity (Wildman–Crippen MR) is 73.8 cm³/mol. The van der Waals surface area contributed by atoms with Crippen LogP contribution in [0.25, 0.3) is 0 Å². The Bertz CT molecular complexity index is 486. The van der Waals surface area contributed by atoms with Crippen LogP contribution >= 0.6 is 11.3 Å². The van der Waals surface area contributed by atoms with E-state index in [4.69, 9.17) is 0 Å². The highest BCUT2D eigenvalue weighted by Gasteiger charge is 2.38. The zero-order valence-corrected chi connectivity index (χ0v) is 12.3. The molecule has 19 heavy (non-hydrogen) atoms. The van der Waals surface area contributed by atoms with E-state index in [-0.39, 0.29) is 24.3 Å². The molecule has 1 aliphatic heterocycles. The summed E-state index contributed by atoms with van der Waals surface area (Å²) >= 11 is 1.61. The Hall–Kier alpha value is -1.27.